The fourth-order valence-corrected chi connectivity index (χ4v) is 3.91. The molecule has 0 amide bonds. The Labute approximate surface area is 187 Å². The van der Waals surface area contributed by atoms with Crippen LogP contribution in [0, 0.1) is 5.82 Å². The number of benzene rings is 2. The number of nitrogens with zero attached hydrogens (tertiary/aromatic N) is 5. The second kappa shape index (κ2) is 7.52. The van der Waals surface area contributed by atoms with Gasteiger partial charge in [-0.15, -0.1) is 0 Å². The molecule has 1 N–H and O–H groups in total. The number of rotatable bonds is 4. The van der Waals surface area contributed by atoms with E-state index >= 15 is 0 Å². The predicted molar refractivity (Wildman–Crippen MR) is 124 cm³/mol. The highest BCUT2D eigenvalue weighted by Crippen LogP contribution is 2.31. The molecule has 0 radical (unpaired) electrons. The largest absolute Gasteiger partial charge is 0.481 e. The van der Waals surface area contributed by atoms with E-state index in [4.69, 9.17) is 9.72 Å². The first-order chi connectivity index (χ1) is 16.2. The van der Waals surface area contributed by atoms with Crippen LogP contribution in [0.2, 0.25) is 0 Å². The number of hydrogen-bond acceptors (Lipinski definition) is 5. The van der Waals surface area contributed by atoms with Crippen LogP contribution in [0.15, 0.2) is 79.5 Å². The van der Waals surface area contributed by atoms with Crippen LogP contribution in [-0.4, -0.2) is 36.6 Å². The molecule has 0 atom stereocenters. The van der Waals surface area contributed by atoms with Gasteiger partial charge in [0.1, 0.15) is 17.7 Å². The normalized spacial score (nSPS) is 11.3. The van der Waals surface area contributed by atoms with Crippen molar-refractivity contribution in [3.63, 3.8) is 0 Å². The van der Waals surface area contributed by atoms with Gasteiger partial charge in [-0.25, -0.2) is 24.3 Å². The average molecular weight is 436 g/mol. The molecule has 6 rings (SSSR count). The van der Waals surface area contributed by atoms with Gasteiger partial charge in [0.2, 0.25) is 5.88 Å². The van der Waals surface area contributed by atoms with Crippen LogP contribution in [-0.2, 0) is 0 Å². The van der Waals surface area contributed by atoms with Crippen LogP contribution >= 0.6 is 0 Å². The Balaban J connectivity index is 1.48. The van der Waals surface area contributed by atoms with Gasteiger partial charge in [0.05, 0.1) is 30.0 Å². The molecular formula is C25H17FN6O. The van der Waals surface area contributed by atoms with Crippen molar-refractivity contribution in [1.82, 2.24) is 29.5 Å². The number of halogens is 1. The summed E-state index contributed by atoms with van der Waals surface area (Å²) in [5.41, 5.74) is 7.54. The molecule has 0 fully saturated rings. The number of methoxy groups -OCH3 is 1. The van der Waals surface area contributed by atoms with Crippen molar-refractivity contribution in [3.05, 3.63) is 85.3 Å². The number of ether oxygens (including phenoxy) is 1. The van der Waals surface area contributed by atoms with Gasteiger partial charge >= 0.3 is 0 Å². The minimum atomic E-state index is -0.274. The molecule has 0 saturated carbocycles. The third-order valence-corrected chi connectivity index (χ3v) is 5.58. The molecule has 4 aromatic heterocycles. The summed E-state index contributed by atoms with van der Waals surface area (Å²) in [6.45, 7) is 0. The molecule has 0 aliphatic carbocycles. The van der Waals surface area contributed by atoms with E-state index in [2.05, 4.69) is 26.0 Å². The van der Waals surface area contributed by atoms with E-state index in [1.807, 2.05) is 35.0 Å². The van der Waals surface area contributed by atoms with Crippen LogP contribution < -0.4 is 4.74 Å². The third-order valence-electron chi connectivity index (χ3n) is 5.58. The van der Waals surface area contributed by atoms with E-state index in [0.29, 0.717) is 11.5 Å². The smallest absolute Gasteiger partial charge is 0.213 e. The molecular weight excluding hydrogens is 419 g/mol. The van der Waals surface area contributed by atoms with Gasteiger partial charge in [0, 0.05) is 35.3 Å². The van der Waals surface area contributed by atoms with E-state index in [1.54, 1.807) is 38.0 Å². The van der Waals surface area contributed by atoms with Crippen LogP contribution in [0.25, 0.3) is 50.3 Å². The van der Waals surface area contributed by atoms with Crippen LogP contribution in [0.4, 0.5) is 4.39 Å². The number of imidazole rings is 1. The third kappa shape index (κ3) is 3.28. The van der Waals surface area contributed by atoms with Gasteiger partial charge in [0.25, 0.3) is 0 Å². The monoisotopic (exact) mass is 436 g/mol. The number of nitrogens with one attached hydrogen (secondary N) is 1. The summed E-state index contributed by atoms with van der Waals surface area (Å²) >= 11 is 0. The number of H-pyrrole nitrogens is 1. The van der Waals surface area contributed by atoms with Gasteiger partial charge < -0.3 is 9.72 Å². The minimum Gasteiger partial charge on any atom is -0.481 e. The Hall–Kier alpha value is -4.59. The number of fused-ring (bicyclic) bond motifs is 2. The van der Waals surface area contributed by atoms with Crippen molar-refractivity contribution >= 4 is 22.2 Å². The lowest BCUT2D eigenvalue weighted by Gasteiger charge is -2.06. The Bertz CT molecular complexity index is 1620. The summed E-state index contributed by atoms with van der Waals surface area (Å²) in [7, 11) is 1.58. The first-order valence-corrected chi connectivity index (χ1v) is 10.3. The first-order valence-electron chi connectivity index (χ1n) is 10.3. The predicted octanol–water partition coefficient (Wildman–Crippen LogP) is 5.17. The summed E-state index contributed by atoms with van der Waals surface area (Å²) < 4.78 is 20.6. The van der Waals surface area contributed by atoms with Gasteiger partial charge in [0.15, 0.2) is 5.65 Å². The van der Waals surface area contributed by atoms with Gasteiger partial charge in [-0.3, -0.25) is 4.57 Å². The zero-order valence-electron chi connectivity index (χ0n) is 17.5. The Morgan fingerprint density at radius 3 is 2.67 bits per heavy atom. The molecule has 7 nitrogen and oxygen atoms in total. The standard InChI is InChI=1S/C25H17FN6O/c1-33-23-11-16(8-9-27-23)21-13-29-25-24(31-21)19(12-28-25)15-2-7-20-22(10-15)32(14-30-20)18-5-3-17(26)4-6-18/h2-14H,1H3,(H,28,29). The molecule has 0 bridgehead atoms. The lowest BCUT2D eigenvalue weighted by atomic mass is 10.1. The van der Waals surface area contributed by atoms with Crippen LogP contribution in [0.3, 0.4) is 0 Å². The fraction of sp³-hybridized carbons (Fsp3) is 0.0400. The van der Waals surface area contributed by atoms with Gasteiger partial charge in [-0.2, -0.15) is 0 Å². The summed E-state index contributed by atoms with van der Waals surface area (Å²) in [5.74, 6) is 0.243. The Kier molecular flexibility index (Phi) is 4.36. The van der Waals surface area contributed by atoms with Crippen molar-refractivity contribution in [2.45, 2.75) is 0 Å². The van der Waals surface area contributed by atoms with E-state index in [9.17, 15) is 4.39 Å². The molecule has 8 heteroatoms. The molecule has 0 aliphatic heterocycles. The number of hydrogen-bond donors (Lipinski definition) is 1. The highest BCUT2D eigenvalue weighted by molar-refractivity contribution is 5.94. The molecule has 0 saturated heterocycles. The van der Waals surface area contributed by atoms with Crippen molar-refractivity contribution < 1.29 is 9.13 Å². The Morgan fingerprint density at radius 2 is 1.82 bits per heavy atom. The highest BCUT2D eigenvalue weighted by atomic mass is 19.1. The second-order valence-corrected chi connectivity index (χ2v) is 7.54. The van der Waals surface area contributed by atoms with E-state index in [0.717, 1.165) is 44.6 Å². The van der Waals surface area contributed by atoms with Crippen LogP contribution in [0.1, 0.15) is 0 Å². The maximum atomic E-state index is 13.4. The molecule has 33 heavy (non-hydrogen) atoms. The van der Waals surface area contributed by atoms with Gasteiger partial charge in [-0.1, -0.05) is 6.07 Å². The van der Waals surface area contributed by atoms with E-state index < -0.39 is 0 Å². The Morgan fingerprint density at radius 1 is 0.939 bits per heavy atom. The number of aromatic amines is 1. The average Bonchev–Trinajstić information content (AvgIpc) is 3.48. The maximum Gasteiger partial charge on any atom is 0.213 e. The number of aromatic nitrogens is 6. The van der Waals surface area contributed by atoms with Gasteiger partial charge in [-0.05, 0) is 48.0 Å². The second-order valence-electron chi connectivity index (χ2n) is 7.54. The first kappa shape index (κ1) is 19.1. The van der Waals surface area contributed by atoms with Crippen molar-refractivity contribution in [1.29, 1.82) is 0 Å². The lowest BCUT2D eigenvalue weighted by Crippen LogP contribution is -1.92. The van der Waals surface area contributed by atoms with E-state index in [-0.39, 0.29) is 5.82 Å². The molecule has 4 heterocycles. The van der Waals surface area contributed by atoms with Crippen molar-refractivity contribution in [2.24, 2.45) is 0 Å². The fourth-order valence-electron chi connectivity index (χ4n) is 3.91. The zero-order chi connectivity index (χ0) is 22.4. The highest BCUT2D eigenvalue weighted by Gasteiger charge is 2.13. The molecule has 0 aliphatic rings. The number of pyridine rings is 1. The summed E-state index contributed by atoms with van der Waals surface area (Å²) in [6.07, 6.45) is 7.06. The summed E-state index contributed by atoms with van der Waals surface area (Å²) in [6, 6.07) is 16.1. The molecule has 160 valence electrons. The molecule has 2 aromatic carbocycles. The SMILES string of the molecule is COc1cc(-c2cnc3[nH]cc(-c4ccc5ncn(-c6ccc(F)cc6)c5c4)c3n2)ccn1. The summed E-state index contributed by atoms with van der Waals surface area (Å²) in [5, 5.41) is 0. The quantitative estimate of drug-likeness (QED) is 0.412. The lowest BCUT2D eigenvalue weighted by molar-refractivity contribution is 0.398. The maximum absolute atomic E-state index is 13.4. The van der Waals surface area contributed by atoms with Crippen molar-refractivity contribution in [3.8, 4) is 34.0 Å². The molecule has 0 unspecified atom stereocenters. The topological polar surface area (TPSA) is 81.5 Å². The van der Waals surface area contributed by atoms with Crippen molar-refractivity contribution in [2.75, 3.05) is 7.11 Å². The van der Waals surface area contributed by atoms with E-state index in [1.165, 1.54) is 12.1 Å². The zero-order valence-corrected chi connectivity index (χ0v) is 17.5. The summed E-state index contributed by atoms with van der Waals surface area (Å²) in [4.78, 5) is 21.3. The minimum absolute atomic E-state index is 0.274. The molecule has 0 spiro atoms. The van der Waals surface area contributed by atoms with Crippen LogP contribution in [0.5, 0.6) is 5.88 Å². The molecule has 6 aromatic rings.